The zero-order valence-electron chi connectivity index (χ0n) is 14.0. The van der Waals surface area contributed by atoms with Crippen molar-refractivity contribution in [2.24, 2.45) is 0 Å². The van der Waals surface area contributed by atoms with Gasteiger partial charge in [0.05, 0.1) is 11.9 Å². The van der Waals surface area contributed by atoms with E-state index in [1.54, 1.807) is 29.2 Å². The van der Waals surface area contributed by atoms with E-state index in [0.29, 0.717) is 10.2 Å². The normalized spacial score (nSPS) is 16.6. The molecule has 0 N–H and O–H groups in total. The van der Waals surface area contributed by atoms with Gasteiger partial charge in [0.25, 0.3) is 0 Å². The summed E-state index contributed by atoms with van der Waals surface area (Å²) in [5, 5.41) is 0. The van der Waals surface area contributed by atoms with Crippen LogP contribution in [0.3, 0.4) is 0 Å². The van der Waals surface area contributed by atoms with Crippen LogP contribution >= 0.6 is 15.9 Å². The van der Waals surface area contributed by atoms with Crippen LogP contribution in [0.25, 0.3) is 0 Å². The Morgan fingerprint density at radius 1 is 1.20 bits per heavy atom. The summed E-state index contributed by atoms with van der Waals surface area (Å²) < 4.78 is 26.4. The summed E-state index contributed by atoms with van der Waals surface area (Å²) in [6.45, 7) is 1.74. The molecule has 0 saturated carbocycles. The average Bonchev–Trinajstić information content (AvgIpc) is 2.88. The number of fused-ring (bicyclic) bond motifs is 1. The molecule has 1 amide bonds. The summed E-state index contributed by atoms with van der Waals surface area (Å²) in [6.07, 6.45) is 1.89. The SMILES string of the molecule is CC1Cc2ccccc2N1C(=O)CN(c1ccccc1Br)S(C)(=O)=O. The van der Waals surface area contributed by atoms with Gasteiger partial charge in [-0.05, 0) is 53.0 Å². The highest BCUT2D eigenvalue weighted by Crippen LogP contribution is 2.33. The molecule has 132 valence electrons. The maximum absolute atomic E-state index is 13.0. The Balaban J connectivity index is 1.94. The maximum atomic E-state index is 13.0. The number of amides is 1. The fourth-order valence-corrected chi connectivity index (χ4v) is 4.66. The number of carbonyl (C=O) groups excluding carboxylic acids is 1. The van der Waals surface area contributed by atoms with E-state index in [2.05, 4.69) is 15.9 Å². The molecule has 2 aromatic carbocycles. The minimum atomic E-state index is -3.60. The molecule has 5 nitrogen and oxygen atoms in total. The molecule has 25 heavy (non-hydrogen) atoms. The molecule has 0 bridgehead atoms. The van der Waals surface area contributed by atoms with Crippen molar-refractivity contribution in [2.45, 2.75) is 19.4 Å². The Bertz CT molecular complexity index is 914. The second-order valence-corrected chi connectivity index (χ2v) is 8.93. The standard InChI is InChI=1S/C18H19BrN2O3S/c1-13-11-14-7-3-5-9-16(14)21(13)18(22)12-20(25(2,23)24)17-10-6-4-8-15(17)19/h3-10,13H,11-12H2,1-2H3. The summed E-state index contributed by atoms with van der Waals surface area (Å²) >= 11 is 3.37. The fourth-order valence-electron chi connectivity index (χ4n) is 3.18. The minimum Gasteiger partial charge on any atom is -0.307 e. The predicted octanol–water partition coefficient (Wildman–Crippen LogP) is 3.19. The molecule has 1 atom stereocenters. The number of nitrogens with zero attached hydrogens (tertiary/aromatic N) is 2. The highest BCUT2D eigenvalue weighted by Gasteiger charge is 2.33. The van der Waals surface area contributed by atoms with Crippen LogP contribution in [0, 0.1) is 0 Å². The number of benzene rings is 2. The number of sulfonamides is 1. The molecule has 1 heterocycles. The fraction of sp³-hybridized carbons (Fsp3) is 0.278. The second-order valence-electron chi connectivity index (χ2n) is 6.17. The van der Waals surface area contributed by atoms with E-state index in [9.17, 15) is 13.2 Å². The Labute approximate surface area is 156 Å². The summed E-state index contributed by atoms with van der Waals surface area (Å²) in [5.41, 5.74) is 2.43. The van der Waals surface area contributed by atoms with E-state index in [0.717, 1.165) is 28.2 Å². The monoisotopic (exact) mass is 422 g/mol. The third kappa shape index (κ3) is 3.57. The molecule has 1 aliphatic rings. The zero-order valence-corrected chi connectivity index (χ0v) is 16.4. The molecule has 0 saturated heterocycles. The first-order valence-electron chi connectivity index (χ1n) is 7.91. The number of hydrogen-bond donors (Lipinski definition) is 0. The van der Waals surface area contributed by atoms with E-state index in [1.165, 1.54) is 0 Å². The first kappa shape index (κ1) is 17.9. The van der Waals surface area contributed by atoms with Crippen LogP contribution in [0.1, 0.15) is 12.5 Å². The minimum absolute atomic E-state index is 0.00512. The van der Waals surface area contributed by atoms with Crippen molar-refractivity contribution in [3.05, 3.63) is 58.6 Å². The number of anilines is 2. The summed E-state index contributed by atoms with van der Waals surface area (Å²) in [4.78, 5) is 14.7. The van der Waals surface area contributed by atoms with Gasteiger partial charge in [0.2, 0.25) is 15.9 Å². The molecule has 3 rings (SSSR count). The van der Waals surface area contributed by atoms with Gasteiger partial charge in [-0.1, -0.05) is 30.3 Å². The smallest absolute Gasteiger partial charge is 0.248 e. The van der Waals surface area contributed by atoms with Crippen LogP contribution in [-0.2, 0) is 21.2 Å². The molecule has 0 fully saturated rings. The number of para-hydroxylation sites is 2. The summed E-state index contributed by atoms with van der Waals surface area (Å²) in [7, 11) is -3.60. The molecular weight excluding hydrogens is 404 g/mol. The first-order chi connectivity index (χ1) is 11.8. The van der Waals surface area contributed by atoms with Gasteiger partial charge >= 0.3 is 0 Å². The molecule has 0 radical (unpaired) electrons. The zero-order chi connectivity index (χ0) is 18.2. The number of hydrogen-bond acceptors (Lipinski definition) is 3. The van der Waals surface area contributed by atoms with Crippen molar-refractivity contribution in [1.82, 2.24) is 0 Å². The van der Waals surface area contributed by atoms with Crippen LogP contribution in [-0.4, -0.2) is 33.2 Å². The lowest BCUT2D eigenvalue weighted by molar-refractivity contribution is -0.117. The van der Waals surface area contributed by atoms with Crippen LogP contribution in [0.5, 0.6) is 0 Å². The topological polar surface area (TPSA) is 57.7 Å². The predicted molar refractivity (Wildman–Crippen MR) is 103 cm³/mol. The van der Waals surface area contributed by atoms with Gasteiger partial charge in [0, 0.05) is 16.2 Å². The van der Waals surface area contributed by atoms with Crippen LogP contribution in [0.15, 0.2) is 53.0 Å². The van der Waals surface area contributed by atoms with Crippen LogP contribution in [0.4, 0.5) is 11.4 Å². The average molecular weight is 423 g/mol. The van der Waals surface area contributed by atoms with E-state index in [4.69, 9.17) is 0 Å². The van der Waals surface area contributed by atoms with Gasteiger partial charge < -0.3 is 4.90 Å². The molecule has 7 heteroatoms. The van der Waals surface area contributed by atoms with Crippen LogP contribution in [0.2, 0.25) is 0 Å². The van der Waals surface area contributed by atoms with Crippen molar-refractivity contribution in [3.8, 4) is 0 Å². The van der Waals surface area contributed by atoms with Crippen molar-refractivity contribution in [2.75, 3.05) is 22.0 Å². The van der Waals surface area contributed by atoms with Gasteiger partial charge in [-0.25, -0.2) is 8.42 Å². The number of carbonyl (C=O) groups is 1. The van der Waals surface area contributed by atoms with Crippen molar-refractivity contribution in [3.63, 3.8) is 0 Å². The molecule has 2 aromatic rings. The van der Waals surface area contributed by atoms with Gasteiger partial charge in [0.1, 0.15) is 6.54 Å². The first-order valence-corrected chi connectivity index (χ1v) is 10.6. The van der Waals surface area contributed by atoms with Gasteiger partial charge in [-0.15, -0.1) is 0 Å². The summed E-state index contributed by atoms with van der Waals surface area (Å²) in [6, 6.07) is 14.7. The van der Waals surface area contributed by atoms with Crippen LogP contribution < -0.4 is 9.21 Å². The molecule has 0 aromatic heterocycles. The van der Waals surface area contributed by atoms with Crippen molar-refractivity contribution in [1.29, 1.82) is 0 Å². The summed E-state index contributed by atoms with van der Waals surface area (Å²) in [5.74, 6) is -0.237. The van der Waals surface area contributed by atoms with E-state index in [-0.39, 0.29) is 18.5 Å². The van der Waals surface area contributed by atoms with Gasteiger partial charge in [0.15, 0.2) is 0 Å². The lowest BCUT2D eigenvalue weighted by atomic mass is 10.1. The lowest BCUT2D eigenvalue weighted by Crippen LogP contribution is -2.45. The Morgan fingerprint density at radius 2 is 1.84 bits per heavy atom. The quantitative estimate of drug-likeness (QED) is 0.759. The number of halogens is 1. The van der Waals surface area contributed by atoms with E-state index >= 15 is 0 Å². The van der Waals surface area contributed by atoms with E-state index < -0.39 is 10.0 Å². The Hall–Kier alpha value is -1.86. The van der Waals surface area contributed by atoms with Gasteiger partial charge in [-0.2, -0.15) is 0 Å². The highest BCUT2D eigenvalue weighted by atomic mass is 79.9. The molecule has 1 aliphatic heterocycles. The maximum Gasteiger partial charge on any atom is 0.248 e. The van der Waals surface area contributed by atoms with Crippen molar-refractivity contribution < 1.29 is 13.2 Å². The highest BCUT2D eigenvalue weighted by molar-refractivity contribution is 9.10. The molecule has 1 unspecified atom stereocenters. The van der Waals surface area contributed by atoms with E-state index in [1.807, 2.05) is 31.2 Å². The third-order valence-electron chi connectivity index (χ3n) is 4.28. The van der Waals surface area contributed by atoms with Crippen molar-refractivity contribution >= 4 is 43.2 Å². The number of rotatable bonds is 4. The largest absolute Gasteiger partial charge is 0.307 e. The second kappa shape index (κ2) is 6.80. The molecule has 0 spiro atoms. The van der Waals surface area contributed by atoms with Gasteiger partial charge in [-0.3, -0.25) is 9.10 Å². The molecular formula is C18H19BrN2O3S. The Kier molecular flexibility index (Phi) is 4.88. The molecule has 0 aliphatic carbocycles. The third-order valence-corrected chi connectivity index (χ3v) is 6.07. The lowest BCUT2D eigenvalue weighted by Gasteiger charge is -2.28. The Morgan fingerprint density at radius 3 is 2.52 bits per heavy atom.